The minimum Gasteiger partial charge on any atom is -0.478 e. The zero-order chi connectivity index (χ0) is 19.4. The molecule has 0 amide bonds. The molecule has 0 aromatic heterocycles. The molecule has 2 aromatic carbocycles. The molecule has 4 bridgehead atoms. The minimum atomic E-state index is -0.907. The van der Waals surface area contributed by atoms with Crippen LogP contribution in [0.2, 0.25) is 0 Å². The lowest BCUT2D eigenvalue weighted by Crippen LogP contribution is -2.51. The Morgan fingerprint density at radius 3 is 2.36 bits per heavy atom. The second kappa shape index (κ2) is 6.37. The third-order valence-corrected chi connectivity index (χ3v) is 7.44. The molecule has 4 fully saturated rings. The summed E-state index contributed by atoms with van der Waals surface area (Å²) in [6, 6.07) is 15.7. The first-order chi connectivity index (χ1) is 13.4. The van der Waals surface area contributed by atoms with Crippen LogP contribution >= 0.6 is 0 Å². The van der Waals surface area contributed by atoms with E-state index in [1.807, 2.05) is 12.1 Å². The van der Waals surface area contributed by atoms with Crippen molar-refractivity contribution in [2.24, 2.45) is 22.7 Å². The van der Waals surface area contributed by atoms with Crippen molar-refractivity contribution in [3.63, 3.8) is 0 Å². The van der Waals surface area contributed by atoms with Gasteiger partial charge in [-0.1, -0.05) is 31.2 Å². The van der Waals surface area contributed by atoms with Gasteiger partial charge in [0.25, 0.3) is 0 Å². The van der Waals surface area contributed by atoms with Crippen molar-refractivity contribution in [1.82, 2.24) is 0 Å². The van der Waals surface area contributed by atoms with Gasteiger partial charge in [-0.2, -0.15) is 0 Å². The lowest BCUT2D eigenvalue weighted by Gasteiger charge is -2.61. The van der Waals surface area contributed by atoms with Crippen LogP contribution in [0, 0.1) is 22.7 Å². The highest BCUT2D eigenvalue weighted by Gasteiger charge is 2.55. The Balaban J connectivity index is 1.32. The van der Waals surface area contributed by atoms with E-state index >= 15 is 0 Å². The van der Waals surface area contributed by atoms with Gasteiger partial charge in [0, 0.05) is 5.69 Å². The van der Waals surface area contributed by atoms with Crippen LogP contribution < -0.4 is 5.32 Å². The molecule has 2 aromatic rings. The Bertz CT molecular complexity index is 887. The molecule has 0 saturated heterocycles. The number of para-hydroxylation sites is 1. The largest absolute Gasteiger partial charge is 0.478 e. The van der Waals surface area contributed by atoms with E-state index in [-0.39, 0.29) is 0 Å². The molecule has 0 heterocycles. The lowest BCUT2D eigenvalue weighted by atomic mass is 9.44. The van der Waals surface area contributed by atoms with E-state index in [2.05, 4.69) is 36.5 Å². The normalized spacial score (nSPS) is 33.0. The average molecular weight is 376 g/mol. The fourth-order valence-electron chi connectivity index (χ4n) is 7.21. The summed E-state index contributed by atoms with van der Waals surface area (Å²) in [5.41, 5.74) is 4.40. The third-order valence-electron chi connectivity index (χ3n) is 7.44. The monoisotopic (exact) mass is 375 g/mol. The SMILES string of the molecule is CC12CC3CC(C1)CC(Cc1ccc(Nc4ccccc4C(=O)O)cc1)(C3)C2. The summed E-state index contributed by atoms with van der Waals surface area (Å²) in [5, 5.41) is 12.6. The fraction of sp³-hybridized carbons (Fsp3) is 0.480. The van der Waals surface area contributed by atoms with Gasteiger partial charge in [-0.3, -0.25) is 0 Å². The predicted molar refractivity (Wildman–Crippen MR) is 112 cm³/mol. The summed E-state index contributed by atoms with van der Waals surface area (Å²) in [4.78, 5) is 11.4. The highest BCUT2D eigenvalue weighted by molar-refractivity contribution is 5.95. The Kier molecular flexibility index (Phi) is 4.04. The Morgan fingerprint density at radius 2 is 1.71 bits per heavy atom. The van der Waals surface area contributed by atoms with Crippen LogP contribution in [0.15, 0.2) is 48.5 Å². The Labute approximate surface area is 167 Å². The molecule has 2 N–H and O–H groups in total. The van der Waals surface area contributed by atoms with E-state index in [0.29, 0.717) is 22.1 Å². The fourth-order valence-corrected chi connectivity index (χ4v) is 7.21. The molecule has 2 unspecified atom stereocenters. The number of hydrogen-bond acceptors (Lipinski definition) is 2. The van der Waals surface area contributed by atoms with Crippen molar-refractivity contribution in [3.05, 3.63) is 59.7 Å². The van der Waals surface area contributed by atoms with Gasteiger partial charge in [-0.15, -0.1) is 0 Å². The van der Waals surface area contributed by atoms with Crippen molar-refractivity contribution in [1.29, 1.82) is 0 Å². The molecule has 4 aliphatic carbocycles. The van der Waals surface area contributed by atoms with Crippen LogP contribution in [-0.2, 0) is 6.42 Å². The summed E-state index contributed by atoms with van der Waals surface area (Å²) >= 11 is 0. The van der Waals surface area contributed by atoms with Crippen LogP contribution in [0.25, 0.3) is 0 Å². The quantitative estimate of drug-likeness (QED) is 0.647. The first-order valence-corrected chi connectivity index (χ1v) is 10.6. The second-order valence-corrected chi connectivity index (χ2v) is 10.1. The van der Waals surface area contributed by atoms with Crippen molar-refractivity contribution in [3.8, 4) is 0 Å². The molecule has 6 rings (SSSR count). The van der Waals surface area contributed by atoms with Gasteiger partial charge in [0.05, 0.1) is 11.3 Å². The Morgan fingerprint density at radius 1 is 1.04 bits per heavy atom. The summed E-state index contributed by atoms with van der Waals surface area (Å²) in [5.74, 6) is 1.01. The zero-order valence-corrected chi connectivity index (χ0v) is 16.6. The number of carboxylic acids is 1. The number of nitrogens with one attached hydrogen (secondary N) is 1. The molecule has 146 valence electrons. The maximum Gasteiger partial charge on any atom is 0.337 e. The van der Waals surface area contributed by atoms with E-state index in [9.17, 15) is 9.90 Å². The van der Waals surface area contributed by atoms with Gasteiger partial charge in [0.15, 0.2) is 0 Å². The van der Waals surface area contributed by atoms with Crippen LogP contribution in [0.1, 0.15) is 61.4 Å². The maximum atomic E-state index is 11.4. The lowest BCUT2D eigenvalue weighted by molar-refractivity contribution is -0.101. The first kappa shape index (κ1) is 17.8. The van der Waals surface area contributed by atoms with Gasteiger partial charge in [0.2, 0.25) is 0 Å². The summed E-state index contributed by atoms with van der Waals surface area (Å²) in [7, 11) is 0. The third kappa shape index (κ3) is 3.21. The molecule has 0 radical (unpaired) electrons. The number of carbonyl (C=O) groups is 1. The average Bonchev–Trinajstić information content (AvgIpc) is 2.61. The second-order valence-electron chi connectivity index (χ2n) is 10.1. The smallest absolute Gasteiger partial charge is 0.337 e. The number of aromatic carboxylic acids is 1. The number of hydrogen-bond donors (Lipinski definition) is 2. The number of rotatable bonds is 5. The highest BCUT2D eigenvalue weighted by atomic mass is 16.4. The molecule has 3 heteroatoms. The molecule has 4 aliphatic rings. The van der Waals surface area contributed by atoms with Crippen molar-refractivity contribution in [2.45, 2.75) is 51.9 Å². The van der Waals surface area contributed by atoms with Crippen molar-refractivity contribution in [2.75, 3.05) is 5.32 Å². The molecule has 28 heavy (non-hydrogen) atoms. The van der Waals surface area contributed by atoms with Gasteiger partial charge in [0.1, 0.15) is 0 Å². The maximum absolute atomic E-state index is 11.4. The molecule has 0 spiro atoms. The molecule has 4 saturated carbocycles. The van der Waals surface area contributed by atoms with Crippen molar-refractivity contribution >= 4 is 17.3 Å². The minimum absolute atomic E-state index is 0.299. The topological polar surface area (TPSA) is 49.3 Å². The van der Waals surface area contributed by atoms with Gasteiger partial charge in [-0.25, -0.2) is 4.79 Å². The van der Waals surface area contributed by atoms with Crippen LogP contribution in [-0.4, -0.2) is 11.1 Å². The van der Waals surface area contributed by atoms with E-state index in [1.54, 1.807) is 12.1 Å². The molecule has 2 atom stereocenters. The number of anilines is 2. The van der Waals surface area contributed by atoms with Crippen LogP contribution in [0.5, 0.6) is 0 Å². The van der Waals surface area contributed by atoms with Gasteiger partial charge >= 0.3 is 5.97 Å². The Hall–Kier alpha value is -2.29. The summed E-state index contributed by atoms with van der Waals surface area (Å²) in [6.45, 7) is 2.53. The standard InChI is InChI=1S/C25H29NO2/c1-24-11-18-10-19(12-24)15-25(14-18,16-24)13-17-6-8-20(9-7-17)26-22-5-3-2-4-21(22)23(27)28/h2-9,18-19,26H,10-16H2,1H3,(H,27,28). The van der Waals surface area contributed by atoms with E-state index in [4.69, 9.17) is 0 Å². The number of carboxylic acid groups (broad SMARTS) is 1. The van der Waals surface area contributed by atoms with Crippen molar-refractivity contribution < 1.29 is 9.90 Å². The van der Waals surface area contributed by atoms with Crippen LogP contribution in [0.4, 0.5) is 11.4 Å². The van der Waals surface area contributed by atoms with Crippen LogP contribution in [0.3, 0.4) is 0 Å². The van der Waals surface area contributed by atoms with Gasteiger partial charge in [-0.05, 0) is 97.4 Å². The van der Waals surface area contributed by atoms with E-state index in [0.717, 1.165) is 17.5 Å². The zero-order valence-electron chi connectivity index (χ0n) is 16.6. The number of benzene rings is 2. The highest BCUT2D eigenvalue weighted by Crippen LogP contribution is 2.65. The first-order valence-electron chi connectivity index (χ1n) is 10.6. The van der Waals surface area contributed by atoms with E-state index in [1.165, 1.54) is 50.5 Å². The summed E-state index contributed by atoms with van der Waals surface area (Å²) < 4.78 is 0. The summed E-state index contributed by atoms with van der Waals surface area (Å²) in [6.07, 6.45) is 9.83. The predicted octanol–water partition coefficient (Wildman–Crippen LogP) is 6.28. The molecular weight excluding hydrogens is 346 g/mol. The van der Waals surface area contributed by atoms with Gasteiger partial charge < -0.3 is 10.4 Å². The van der Waals surface area contributed by atoms with E-state index < -0.39 is 5.97 Å². The molecular formula is C25H29NO2. The molecule has 0 aliphatic heterocycles. The molecule has 3 nitrogen and oxygen atoms in total.